The first-order valence-electron chi connectivity index (χ1n) is 8.92. The van der Waals surface area contributed by atoms with Crippen molar-refractivity contribution in [2.45, 2.75) is 19.6 Å². The van der Waals surface area contributed by atoms with Crippen molar-refractivity contribution in [2.24, 2.45) is 0 Å². The van der Waals surface area contributed by atoms with Gasteiger partial charge in [0.05, 0.1) is 22.1 Å². The van der Waals surface area contributed by atoms with Gasteiger partial charge in [-0.1, -0.05) is 51.3 Å². The molecule has 0 saturated carbocycles. The summed E-state index contributed by atoms with van der Waals surface area (Å²) in [6.45, 7) is 1.70. The molecule has 2 aromatic rings. The van der Waals surface area contributed by atoms with E-state index in [-0.39, 0.29) is 21.6 Å². The molecule has 1 saturated heterocycles. The lowest BCUT2D eigenvalue weighted by atomic mass is 10.2. The number of esters is 1. The number of carbonyl (C=O) groups excluding carboxylic acids is 3. The third kappa shape index (κ3) is 5.44. The summed E-state index contributed by atoms with van der Waals surface area (Å²) in [7, 11) is 1.19. The molecule has 3 rings (SSSR count). The lowest BCUT2D eigenvalue weighted by molar-refractivity contribution is -0.148. The molecule has 1 aliphatic rings. The van der Waals surface area contributed by atoms with E-state index in [1.54, 1.807) is 12.1 Å². The van der Waals surface area contributed by atoms with Crippen LogP contribution in [0.4, 0.5) is 4.79 Å². The molecule has 2 aromatic carbocycles. The number of amides is 2. The predicted octanol–water partition coefficient (Wildman–Crippen LogP) is 5.93. The second-order valence-electron chi connectivity index (χ2n) is 6.48. The van der Waals surface area contributed by atoms with Gasteiger partial charge in [0.15, 0.2) is 5.75 Å². The number of methoxy groups -OCH3 is 1. The summed E-state index contributed by atoms with van der Waals surface area (Å²) in [5.41, 5.74) is 1.45. The van der Waals surface area contributed by atoms with Crippen LogP contribution in [0.3, 0.4) is 0 Å². The summed E-state index contributed by atoms with van der Waals surface area (Å²) < 4.78 is 11.3. The van der Waals surface area contributed by atoms with Crippen LogP contribution in [0, 0.1) is 0 Å². The average molecular weight is 545 g/mol. The largest absolute Gasteiger partial charge is 0.486 e. The number of hydrogen-bond acceptors (Lipinski definition) is 6. The number of imide groups is 1. The van der Waals surface area contributed by atoms with E-state index in [0.717, 1.165) is 26.7 Å². The standard InChI is InChI=1S/C21H16BrCl2NO5S/c1-11(20(27)29-2)25-19(26)17(31-21(25)28)9-13-7-15(23)18(16(24)8-13)30-10-12-3-5-14(22)6-4-12/h3-9,11H,10H2,1-2H3/b17-9+/t11-/m0/s1. The van der Waals surface area contributed by atoms with Gasteiger partial charge in [0.25, 0.3) is 11.1 Å². The van der Waals surface area contributed by atoms with Crippen molar-refractivity contribution in [2.75, 3.05) is 7.11 Å². The van der Waals surface area contributed by atoms with Gasteiger partial charge in [0.2, 0.25) is 0 Å². The first kappa shape index (κ1) is 23.7. The smallest absolute Gasteiger partial charge is 0.328 e. The van der Waals surface area contributed by atoms with Crippen LogP contribution in [-0.4, -0.2) is 35.2 Å². The van der Waals surface area contributed by atoms with Gasteiger partial charge in [-0.2, -0.15) is 0 Å². The molecule has 0 aromatic heterocycles. The topological polar surface area (TPSA) is 72.9 Å². The van der Waals surface area contributed by atoms with Crippen LogP contribution in [-0.2, 0) is 20.9 Å². The van der Waals surface area contributed by atoms with Gasteiger partial charge in [-0.15, -0.1) is 0 Å². The Morgan fingerprint density at radius 3 is 2.39 bits per heavy atom. The predicted molar refractivity (Wildman–Crippen MR) is 124 cm³/mol. The second-order valence-corrected chi connectivity index (χ2v) is 9.20. The van der Waals surface area contributed by atoms with Crippen LogP contribution in [0.15, 0.2) is 45.8 Å². The van der Waals surface area contributed by atoms with Crippen molar-refractivity contribution >= 4 is 74.1 Å². The fourth-order valence-electron chi connectivity index (χ4n) is 2.78. The van der Waals surface area contributed by atoms with Crippen molar-refractivity contribution < 1.29 is 23.9 Å². The summed E-state index contributed by atoms with van der Waals surface area (Å²) in [6, 6.07) is 9.77. The molecule has 2 amide bonds. The Bertz CT molecular complexity index is 1050. The molecule has 1 aliphatic heterocycles. The Morgan fingerprint density at radius 2 is 1.81 bits per heavy atom. The number of benzene rings is 2. The van der Waals surface area contributed by atoms with E-state index in [9.17, 15) is 14.4 Å². The van der Waals surface area contributed by atoms with E-state index in [1.165, 1.54) is 20.1 Å². The highest BCUT2D eigenvalue weighted by atomic mass is 79.9. The molecule has 1 heterocycles. The third-order valence-corrected chi connectivity index (χ3v) is 6.34. The Kier molecular flexibility index (Phi) is 7.69. The highest BCUT2D eigenvalue weighted by molar-refractivity contribution is 9.10. The molecule has 0 spiro atoms. The number of hydrogen-bond donors (Lipinski definition) is 0. The van der Waals surface area contributed by atoms with Crippen molar-refractivity contribution in [3.05, 3.63) is 66.9 Å². The van der Waals surface area contributed by atoms with E-state index < -0.39 is 23.2 Å². The van der Waals surface area contributed by atoms with E-state index in [4.69, 9.17) is 27.9 Å². The van der Waals surface area contributed by atoms with Gasteiger partial charge >= 0.3 is 5.97 Å². The monoisotopic (exact) mass is 543 g/mol. The minimum absolute atomic E-state index is 0.149. The molecule has 1 fully saturated rings. The van der Waals surface area contributed by atoms with Crippen LogP contribution in [0.2, 0.25) is 10.0 Å². The molecule has 0 bridgehead atoms. The molecular weight excluding hydrogens is 529 g/mol. The number of ether oxygens (including phenoxy) is 2. The number of halogens is 3. The van der Waals surface area contributed by atoms with Crippen LogP contribution < -0.4 is 4.74 Å². The second kappa shape index (κ2) is 10.1. The summed E-state index contributed by atoms with van der Waals surface area (Å²) in [5, 5.41) is -0.0307. The molecule has 0 unspecified atom stereocenters. The fraction of sp³-hybridized carbons (Fsp3) is 0.190. The molecule has 6 nitrogen and oxygen atoms in total. The van der Waals surface area contributed by atoms with Gasteiger partial charge in [-0.05, 0) is 60.2 Å². The fourth-order valence-corrected chi connectivity index (χ4v) is 4.56. The zero-order chi connectivity index (χ0) is 22.7. The maximum Gasteiger partial charge on any atom is 0.328 e. The van der Waals surface area contributed by atoms with Crippen molar-refractivity contribution in [3.8, 4) is 5.75 Å². The van der Waals surface area contributed by atoms with Gasteiger partial charge in [0, 0.05) is 4.47 Å². The summed E-state index contributed by atoms with van der Waals surface area (Å²) >= 11 is 16.8. The lowest BCUT2D eigenvalue weighted by Crippen LogP contribution is -2.42. The Hall–Kier alpha value is -2.00. The number of rotatable bonds is 6. The number of carbonyl (C=O) groups is 3. The molecule has 31 heavy (non-hydrogen) atoms. The van der Waals surface area contributed by atoms with E-state index in [1.807, 2.05) is 24.3 Å². The summed E-state index contributed by atoms with van der Waals surface area (Å²) in [5.74, 6) is -0.951. The molecular formula is C21H16BrCl2NO5S. The average Bonchev–Trinajstić information content (AvgIpc) is 3.00. The Balaban J connectivity index is 1.78. The van der Waals surface area contributed by atoms with E-state index in [0.29, 0.717) is 11.3 Å². The highest BCUT2D eigenvalue weighted by Crippen LogP contribution is 2.38. The van der Waals surface area contributed by atoms with Gasteiger partial charge < -0.3 is 9.47 Å². The zero-order valence-corrected chi connectivity index (χ0v) is 20.3. The first-order chi connectivity index (χ1) is 14.7. The van der Waals surface area contributed by atoms with E-state index >= 15 is 0 Å². The minimum atomic E-state index is -1.02. The van der Waals surface area contributed by atoms with Gasteiger partial charge in [-0.3, -0.25) is 14.5 Å². The molecule has 10 heteroatoms. The van der Waals surface area contributed by atoms with E-state index in [2.05, 4.69) is 20.7 Å². The van der Waals surface area contributed by atoms with Gasteiger partial charge in [0.1, 0.15) is 12.6 Å². The Labute approximate surface area is 201 Å². The lowest BCUT2D eigenvalue weighted by Gasteiger charge is -2.18. The first-order valence-corrected chi connectivity index (χ1v) is 11.3. The van der Waals surface area contributed by atoms with Crippen LogP contribution >= 0.6 is 50.9 Å². The number of nitrogens with zero attached hydrogens (tertiary/aromatic N) is 1. The maximum absolute atomic E-state index is 12.6. The zero-order valence-electron chi connectivity index (χ0n) is 16.4. The summed E-state index contributed by atoms with van der Waals surface area (Å²) in [6.07, 6.45) is 1.49. The van der Waals surface area contributed by atoms with Crippen molar-refractivity contribution in [1.29, 1.82) is 0 Å². The number of thioether (sulfide) groups is 1. The minimum Gasteiger partial charge on any atom is -0.486 e. The quantitative estimate of drug-likeness (QED) is 0.331. The van der Waals surface area contributed by atoms with Crippen molar-refractivity contribution in [1.82, 2.24) is 4.90 Å². The molecule has 0 N–H and O–H groups in total. The van der Waals surface area contributed by atoms with Crippen LogP contribution in [0.25, 0.3) is 6.08 Å². The van der Waals surface area contributed by atoms with Crippen molar-refractivity contribution in [3.63, 3.8) is 0 Å². The normalized spacial score (nSPS) is 16.0. The molecule has 162 valence electrons. The maximum atomic E-state index is 12.6. The molecule has 1 atom stereocenters. The van der Waals surface area contributed by atoms with Crippen LogP contribution in [0.1, 0.15) is 18.1 Å². The van der Waals surface area contributed by atoms with Crippen LogP contribution in [0.5, 0.6) is 5.75 Å². The SMILES string of the molecule is COC(=O)[C@H](C)N1C(=O)S/C(=C/c2cc(Cl)c(OCc3ccc(Br)cc3)c(Cl)c2)C1=O. The molecule has 0 aliphatic carbocycles. The summed E-state index contributed by atoms with van der Waals surface area (Å²) in [4.78, 5) is 37.6. The third-order valence-electron chi connectivity index (χ3n) is 4.37. The van der Waals surface area contributed by atoms with Gasteiger partial charge in [-0.25, -0.2) is 4.79 Å². The highest BCUT2D eigenvalue weighted by Gasteiger charge is 2.41. The molecule has 0 radical (unpaired) electrons. The Morgan fingerprint density at radius 1 is 1.19 bits per heavy atom.